The highest BCUT2D eigenvalue weighted by Crippen LogP contribution is 2.34. The van der Waals surface area contributed by atoms with Crippen molar-refractivity contribution in [1.29, 1.82) is 0 Å². The van der Waals surface area contributed by atoms with Crippen LogP contribution < -0.4 is 15.0 Å². The van der Waals surface area contributed by atoms with E-state index in [1.54, 1.807) is 7.11 Å². The van der Waals surface area contributed by atoms with Gasteiger partial charge in [-0.3, -0.25) is 0 Å². The molecule has 0 radical (unpaired) electrons. The second kappa shape index (κ2) is 4.43. The molecule has 17 heavy (non-hydrogen) atoms. The Kier molecular flexibility index (Phi) is 2.79. The van der Waals surface area contributed by atoms with Gasteiger partial charge in [-0.2, -0.15) is 0 Å². The van der Waals surface area contributed by atoms with Crippen molar-refractivity contribution in [1.82, 2.24) is 4.98 Å². The smallest absolute Gasteiger partial charge is 0.147 e. The van der Waals surface area contributed by atoms with Crippen LogP contribution in [0.15, 0.2) is 6.07 Å². The second-order valence-corrected chi connectivity index (χ2v) is 4.73. The third kappa shape index (κ3) is 1.92. The van der Waals surface area contributed by atoms with E-state index in [2.05, 4.69) is 16.3 Å². The van der Waals surface area contributed by atoms with Gasteiger partial charge in [0, 0.05) is 25.7 Å². The molecule has 1 N–H and O–H groups in total. The monoisotopic (exact) mass is 233 g/mol. The summed E-state index contributed by atoms with van der Waals surface area (Å²) in [7, 11) is 1.74. The Balaban J connectivity index is 1.99. The van der Waals surface area contributed by atoms with E-state index >= 15 is 0 Å². The van der Waals surface area contributed by atoms with Crippen molar-refractivity contribution in [2.45, 2.75) is 25.7 Å². The van der Waals surface area contributed by atoms with Crippen LogP contribution in [0.5, 0.6) is 5.75 Å². The van der Waals surface area contributed by atoms with E-state index in [0.717, 1.165) is 55.4 Å². The Hall–Kier alpha value is -1.45. The number of nitrogens with one attached hydrogen (secondary N) is 1. The molecule has 0 bridgehead atoms. The number of hydrogen-bond donors (Lipinski definition) is 1. The minimum Gasteiger partial charge on any atom is -0.494 e. The van der Waals surface area contributed by atoms with Crippen LogP contribution in [0, 0.1) is 0 Å². The van der Waals surface area contributed by atoms with E-state index in [1.807, 2.05) is 0 Å². The number of aromatic nitrogens is 1. The van der Waals surface area contributed by atoms with Gasteiger partial charge in [-0.1, -0.05) is 0 Å². The molecule has 4 nitrogen and oxygen atoms in total. The molecule has 3 heterocycles. The maximum Gasteiger partial charge on any atom is 0.147 e. The summed E-state index contributed by atoms with van der Waals surface area (Å²) < 4.78 is 5.48. The average Bonchev–Trinajstić information content (AvgIpc) is 2.91. The van der Waals surface area contributed by atoms with Crippen LogP contribution in [-0.2, 0) is 6.42 Å². The average molecular weight is 233 g/mol. The van der Waals surface area contributed by atoms with Crippen LogP contribution in [0.3, 0.4) is 0 Å². The quantitative estimate of drug-likeness (QED) is 0.848. The fourth-order valence-corrected chi connectivity index (χ4v) is 2.67. The third-order valence-corrected chi connectivity index (χ3v) is 3.59. The van der Waals surface area contributed by atoms with E-state index in [-0.39, 0.29) is 0 Å². The SMILES string of the molecule is COc1cc(N2CCCC2)nc2c1NCCC2. The summed E-state index contributed by atoms with van der Waals surface area (Å²) >= 11 is 0. The van der Waals surface area contributed by atoms with Crippen LogP contribution in [0.4, 0.5) is 11.5 Å². The molecule has 1 aromatic heterocycles. The number of fused-ring (bicyclic) bond motifs is 1. The minimum absolute atomic E-state index is 0.941. The van der Waals surface area contributed by atoms with Gasteiger partial charge in [-0.05, 0) is 25.7 Å². The summed E-state index contributed by atoms with van der Waals surface area (Å²) in [6.45, 7) is 3.28. The maximum atomic E-state index is 5.48. The first-order valence-corrected chi connectivity index (χ1v) is 6.45. The van der Waals surface area contributed by atoms with E-state index in [0.29, 0.717) is 0 Å². The topological polar surface area (TPSA) is 37.4 Å². The molecule has 1 saturated heterocycles. The molecule has 0 unspecified atom stereocenters. The number of aryl methyl sites for hydroxylation is 1. The Labute approximate surface area is 102 Å². The van der Waals surface area contributed by atoms with Crippen molar-refractivity contribution < 1.29 is 4.74 Å². The molecule has 2 aliphatic rings. The first-order chi connectivity index (χ1) is 8.38. The molecule has 4 heteroatoms. The van der Waals surface area contributed by atoms with Gasteiger partial charge >= 0.3 is 0 Å². The molecule has 0 amide bonds. The van der Waals surface area contributed by atoms with Crippen LogP contribution in [-0.4, -0.2) is 31.7 Å². The number of hydrogen-bond acceptors (Lipinski definition) is 4. The van der Waals surface area contributed by atoms with E-state index < -0.39 is 0 Å². The summed E-state index contributed by atoms with van der Waals surface area (Å²) in [6, 6.07) is 2.07. The number of anilines is 2. The summed E-state index contributed by atoms with van der Waals surface area (Å²) in [4.78, 5) is 7.15. The zero-order chi connectivity index (χ0) is 11.7. The van der Waals surface area contributed by atoms with Crippen LogP contribution >= 0.6 is 0 Å². The molecule has 0 saturated carbocycles. The molecule has 1 aromatic rings. The molecule has 0 aromatic carbocycles. The number of ether oxygens (including phenoxy) is 1. The van der Waals surface area contributed by atoms with Crippen molar-refractivity contribution in [3.8, 4) is 5.75 Å². The molecule has 3 rings (SSSR count). The predicted molar refractivity (Wildman–Crippen MR) is 69.0 cm³/mol. The Bertz CT molecular complexity index is 396. The van der Waals surface area contributed by atoms with E-state index in [4.69, 9.17) is 9.72 Å². The van der Waals surface area contributed by atoms with Crippen LogP contribution in [0.2, 0.25) is 0 Å². The Morgan fingerprint density at radius 3 is 2.88 bits per heavy atom. The standard InChI is InChI=1S/C13H19N3O/c1-17-11-9-12(16-7-2-3-8-16)15-10-5-4-6-14-13(10)11/h9,14H,2-8H2,1H3. The van der Waals surface area contributed by atoms with E-state index in [9.17, 15) is 0 Å². The van der Waals surface area contributed by atoms with Crippen LogP contribution in [0.25, 0.3) is 0 Å². The Morgan fingerprint density at radius 2 is 2.12 bits per heavy atom. The zero-order valence-corrected chi connectivity index (χ0v) is 10.3. The van der Waals surface area contributed by atoms with Gasteiger partial charge in [0.1, 0.15) is 11.6 Å². The molecular weight excluding hydrogens is 214 g/mol. The van der Waals surface area contributed by atoms with Gasteiger partial charge in [0.05, 0.1) is 18.5 Å². The highest BCUT2D eigenvalue weighted by Gasteiger charge is 2.20. The lowest BCUT2D eigenvalue weighted by Gasteiger charge is -2.24. The van der Waals surface area contributed by atoms with Crippen molar-refractivity contribution in [3.05, 3.63) is 11.8 Å². The lowest BCUT2D eigenvalue weighted by molar-refractivity contribution is 0.414. The van der Waals surface area contributed by atoms with Gasteiger partial charge in [0.15, 0.2) is 0 Å². The van der Waals surface area contributed by atoms with Crippen molar-refractivity contribution in [2.24, 2.45) is 0 Å². The molecule has 1 fully saturated rings. The van der Waals surface area contributed by atoms with Crippen molar-refractivity contribution in [3.63, 3.8) is 0 Å². The fraction of sp³-hybridized carbons (Fsp3) is 0.615. The number of nitrogens with zero attached hydrogens (tertiary/aromatic N) is 2. The first kappa shape index (κ1) is 10.7. The summed E-state index contributed by atoms with van der Waals surface area (Å²) in [5.41, 5.74) is 2.26. The highest BCUT2D eigenvalue weighted by molar-refractivity contribution is 5.65. The summed E-state index contributed by atoms with van der Waals surface area (Å²) in [5.74, 6) is 2.03. The van der Waals surface area contributed by atoms with Crippen molar-refractivity contribution >= 4 is 11.5 Å². The second-order valence-electron chi connectivity index (χ2n) is 4.73. The lowest BCUT2D eigenvalue weighted by Crippen LogP contribution is -2.21. The molecule has 0 atom stereocenters. The molecule has 0 aliphatic carbocycles. The van der Waals surface area contributed by atoms with Gasteiger partial charge in [0.25, 0.3) is 0 Å². The zero-order valence-electron chi connectivity index (χ0n) is 10.3. The number of methoxy groups -OCH3 is 1. The van der Waals surface area contributed by atoms with Gasteiger partial charge in [-0.25, -0.2) is 4.98 Å². The van der Waals surface area contributed by atoms with E-state index in [1.165, 1.54) is 12.8 Å². The summed E-state index contributed by atoms with van der Waals surface area (Å²) in [5, 5.41) is 3.39. The predicted octanol–water partition coefficient (Wildman–Crippen LogP) is 2.05. The maximum absolute atomic E-state index is 5.48. The molecule has 2 aliphatic heterocycles. The van der Waals surface area contributed by atoms with Crippen molar-refractivity contribution in [2.75, 3.05) is 37.0 Å². The molecule has 0 spiro atoms. The fourth-order valence-electron chi connectivity index (χ4n) is 2.67. The van der Waals surface area contributed by atoms with Gasteiger partial charge < -0.3 is 15.0 Å². The third-order valence-electron chi connectivity index (χ3n) is 3.59. The molecule has 92 valence electrons. The summed E-state index contributed by atoms with van der Waals surface area (Å²) in [6.07, 6.45) is 4.77. The normalized spacial score (nSPS) is 18.8. The minimum atomic E-state index is 0.941. The first-order valence-electron chi connectivity index (χ1n) is 6.45. The Morgan fingerprint density at radius 1 is 1.29 bits per heavy atom. The lowest BCUT2D eigenvalue weighted by atomic mass is 10.1. The number of rotatable bonds is 2. The van der Waals surface area contributed by atoms with Gasteiger partial charge in [0.2, 0.25) is 0 Å². The largest absolute Gasteiger partial charge is 0.494 e. The number of pyridine rings is 1. The van der Waals surface area contributed by atoms with Crippen LogP contribution in [0.1, 0.15) is 25.0 Å². The molecular formula is C13H19N3O. The van der Waals surface area contributed by atoms with Gasteiger partial charge in [-0.15, -0.1) is 0 Å². The highest BCUT2D eigenvalue weighted by atomic mass is 16.5.